The molecule has 3 N–H and O–H groups in total. The predicted octanol–water partition coefficient (Wildman–Crippen LogP) is 2.97. The van der Waals surface area contributed by atoms with Gasteiger partial charge in [-0.3, -0.25) is 9.59 Å². The molecule has 0 aliphatic carbocycles. The van der Waals surface area contributed by atoms with Crippen molar-refractivity contribution in [3.05, 3.63) is 70.3 Å². The topological polar surface area (TPSA) is 99.5 Å². The summed E-state index contributed by atoms with van der Waals surface area (Å²) in [5, 5.41) is 16.9. The van der Waals surface area contributed by atoms with Gasteiger partial charge in [-0.1, -0.05) is 36.4 Å². The second kappa shape index (κ2) is 7.55. The number of aromatic nitrogens is 3. The number of carbonyl (C=O) groups is 1. The second-order valence-corrected chi connectivity index (χ2v) is 7.13. The molecule has 0 aliphatic rings. The van der Waals surface area contributed by atoms with Crippen LogP contribution >= 0.6 is 0 Å². The van der Waals surface area contributed by atoms with Crippen molar-refractivity contribution in [2.24, 2.45) is 0 Å². The summed E-state index contributed by atoms with van der Waals surface area (Å²) >= 11 is 0. The number of amides is 1. The van der Waals surface area contributed by atoms with E-state index in [2.05, 4.69) is 15.4 Å². The number of aromatic amines is 1. The molecule has 31 heavy (non-hydrogen) atoms. The number of alkyl halides is 3. The first-order valence-corrected chi connectivity index (χ1v) is 9.33. The molecule has 4 rings (SSSR count). The lowest BCUT2D eigenvalue weighted by Crippen LogP contribution is -2.36. The van der Waals surface area contributed by atoms with E-state index in [1.165, 1.54) is 13.1 Å². The van der Waals surface area contributed by atoms with Crippen LogP contribution in [0.15, 0.2) is 53.5 Å². The van der Waals surface area contributed by atoms with E-state index in [-0.39, 0.29) is 5.69 Å². The van der Waals surface area contributed by atoms with Crippen molar-refractivity contribution in [3.63, 3.8) is 0 Å². The number of carbonyl (C=O) groups excluding carboxylic acids is 1. The first-order chi connectivity index (χ1) is 14.7. The van der Waals surface area contributed by atoms with Crippen LogP contribution in [0.4, 0.5) is 13.2 Å². The molecule has 1 atom stereocenters. The molecule has 0 aliphatic heterocycles. The average molecular weight is 430 g/mol. The number of H-pyrrole nitrogens is 1. The summed E-state index contributed by atoms with van der Waals surface area (Å²) in [5.74, 6) is -1.13. The Labute approximate surface area is 173 Å². The summed E-state index contributed by atoms with van der Waals surface area (Å²) in [5.41, 5.74) is -3.36. The number of aliphatic hydroxyl groups is 1. The highest BCUT2D eigenvalue weighted by Crippen LogP contribution is 2.34. The summed E-state index contributed by atoms with van der Waals surface area (Å²) in [4.78, 5) is 27.4. The highest BCUT2D eigenvalue weighted by atomic mass is 19.4. The highest BCUT2D eigenvalue weighted by molar-refractivity contribution is 5.96. The van der Waals surface area contributed by atoms with Gasteiger partial charge in [0, 0.05) is 11.6 Å². The zero-order valence-electron chi connectivity index (χ0n) is 16.2. The lowest BCUT2D eigenvalue weighted by molar-refractivity contribution is -0.136. The van der Waals surface area contributed by atoms with Gasteiger partial charge in [0.25, 0.3) is 11.5 Å². The van der Waals surface area contributed by atoms with Crippen molar-refractivity contribution in [2.75, 3.05) is 6.61 Å². The number of halogens is 3. The summed E-state index contributed by atoms with van der Waals surface area (Å²) < 4.78 is 42.0. The van der Waals surface area contributed by atoms with Gasteiger partial charge in [0.05, 0.1) is 18.5 Å². The number of nitrogens with zero attached hydrogens (tertiary/aromatic N) is 2. The molecule has 0 radical (unpaired) electrons. The van der Waals surface area contributed by atoms with Gasteiger partial charge in [0.1, 0.15) is 11.1 Å². The molecule has 2 heterocycles. The maximum Gasteiger partial charge on any atom is 0.421 e. The normalized spacial score (nSPS) is 12.9. The van der Waals surface area contributed by atoms with Crippen LogP contribution in [0.2, 0.25) is 0 Å². The first kappa shape index (κ1) is 20.6. The minimum absolute atomic E-state index is 0.246. The molecule has 0 spiro atoms. The van der Waals surface area contributed by atoms with Gasteiger partial charge in [-0.05, 0) is 23.8 Å². The zero-order valence-corrected chi connectivity index (χ0v) is 16.2. The van der Waals surface area contributed by atoms with Gasteiger partial charge < -0.3 is 15.4 Å². The van der Waals surface area contributed by atoms with Crippen LogP contribution in [0, 0.1) is 0 Å². The van der Waals surface area contributed by atoms with Crippen molar-refractivity contribution in [3.8, 4) is 11.3 Å². The molecule has 0 saturated carbocycles. The smallest absolute Gasteiger partial charge is 0.394 e. The largest absolute Gasteiger partial charge is 0.421 e. The molecular weight excluding hydrogens is 413 g/mol. The molecule has 10 heteroatoms. The minimum atomic E-state index is -4.99. The standard InChI is InChI=1S/C21H17F3N4O3/c1-11(10-29)25-19(30)17-16(21(22,23)24)18-20(31)26-15(9-28(18)27-17)14-7-6-12-4-2-3-5-13(12)8-14/h2-9,11,29H,10H2,1H3,(H,25,30)(H,26,31)/t11-/m1/s1. The van der Waals surface area contributed by atoms with Gasteiger partial charge in [-0.25, -0.2) is 4.52 Å². The zero-order chi connectivity index (χ0) is 22.3. The molecule has 2 aromatic heterocycles. The molecule has 2 aromatic carbocycles. The van der Waals surface area contributed by atoms with E-state index in [0.29, 0.717) is 5.56 Å². The highest BCUT2D eigenvalue weighted by Gasteiger charge is 2.41. The Morgan fingerprint density at radius 1 is 1.23 bits per heavy atom. The molecule has 0 saturated heterocycles. The summed E-state index contributed by atoms with van der Waals surface area (Å²) in [6, 6.07) is 12.1. The van der Waals surface area contributed by atoms with E-state index in [1.54, 1.807) is 12.1 Å². The Bertz CT molecular complexity index is 1360. The quantitative estimate of drug-likeness (QED) is 0.464. The molecule has 7 nitrogen and oxygen atoms in total. The fourth-order valence-electron chi connectivity index (χ4n) is 3.35. The maximum atomic E-state index is 13.7. The van der Waals surface area contributed by atoms with E-state index in [0.717, 1.165) is 15.3 Å². The molecular formula is C21H17F3N4O3. The Morgan fingerprint density at radius 3 is 2.61 bits per heavy atom. The van der Waals surface area contributed by atoms with Crippen LogP contribution in [0.3, 0.4) is 0 Å². The number of rotatable bonds is 4. The van der Waals surface area contributed by atoms with E-state index in [4.69, 9.17) is 5.11 Å². The number of aliphatic hydroxyl groups excluding tert-OH is 1. The van der Waals surface area contributed by atoms with Gasteiger partial charge in [0.2, 0.25) is 0 Å². The van der Waals surface area contributed by atoms with Crippen LogP contribution < -0.4 is 10.9 Å². The number of hydrogen-bond acceptors (Lipinski definition) is 4. The molecule has 0 unspecified atom stereocenters. The van der Waals surface area contributed by atoms with Gasteiger partial charge >= 0.3 is 6.18 Å². The molecule has 160 valence electrons. The van der Waals surface area contributed by atoms with E-state index >= 15 is 0 Å². The van der Waals surface area contributed by atoms with Crippen LogP contribution in [-0.2, 0) is 6.18 Å². The number of nitrogens with one attached hydrogen (secondary N) is 2. The Morgan fingerprint density at radius 2 is 1.94 bits per heavy atom. The van der Waals surface area contributed by atoms with Gasteiger partial charge in [-0.15, -0.1) is 0 Å². The van der Waals surface area contributed by atoms with Crippen LogP contribution in [0.1, 0.15) is 23.0 Å². The van der Waals surface area contributed by atoms with E-state index < -0.39 is 47.1 Å². The monoisotopic (exact) mass is 430 g/mol. The summed E-state index contributed by atoms with van der Waals surface area (Å²) in [6.07, 6.45) is -3.75. The Kier molecular flexibility index (Phi) is 5.02. The lowest BCUT2D eigenvalue weighted by atomic mass is 10.1. The third kappa shape index (κ3) is 3.77. The van der Waals surface area contributed by atoms with Gasteiger partial charge in [0.15, 0.2) is 5.69 Å². The molecule has 0 fully saturated rings. The number of hydrogen-bond donors (Lipinski definition) is 3. The Hall–Kier alpha value is -3.66. The van der Waals surface area contributed by atoms with Crippen molar-refractivity contribution in [1.82, 2.24) is 19.9 Å². The Balaban J connectivity index is 1.90. The average Bonchev–Trinajstić information content (AvgIpc) is 3.14. The summed E-state index contributed by atoms with van der Waals surface area (Å²) in [6.45, 7) is 0.957. The maximum absolute atomic E-state index is 13.7. The van der Waals surface area contributed by atoms with Crippen molar-refractivity contribution in [1.29, 1.82) is 0 Å². The van der Waals surface area contributed by atoms with Crippen LogP contribution in [0.5, 0.6) is 0 Å². The van der Waals surface area contributed by atoms with E-state index in [9.17, 15) is 22.8 Å². The van der Waals surface area contributed by atoms with Crippen LogP contribution in [0.25, 0.3) is 27.5 Å². The summed E-state index contributed by atoms with van der Waals surface area (Å²) in [7, 11) is 0. The first-order valence-electron chi connectivity index (χ1n) is 9.33. The molecule has 1 amide bonds. The van der Waals surface area contributed by atoms with Crippen molar-refractivity contribution < 1.29 is 23.1 Å². The minimum Gasteiger partial charge on any atom is -0.394 e. The third-order valence-electron chi connectivity index (χ3n) is 4.84. The number of fused-ring (bicyclic) bond motifs is 2. The second-order valence-electron chi connectivity index (χ2n) is 7.13. The van der Waals surface area contributed by atoms with Crippen LogP contribution in [-0.4, -0.2) is 38.3 Å². The van der Waals surface area contributed by atoms with E-state index in [1.807, 2.05) is 30.3 Å². The third-order valence-corrected chi connectivity index (χ3v) is 4.84. The fourth-order valence-corrected chi connectivity index (χ4v) is 3.35. The molecule has 4 aromatic rings. The predicted molar refractivity (Wildman–Crippen MR) is 108 cm³/mol. The van der Waals surface area contributed by atoms with Crippen molar-refractivity contribution in [2.45, 2.75) is 19.1 Å². The lowest BCUT2D eigenvalue weighted by Gasteiger charge is -2.11. The van der Waals surface area contributed by atoms with Crippen molar-refractivity contribution >= 4 is 22.2 Å². The number of benzene rings is 2. The van der Waals surface area contributed by atoms with Gasteiger partial charge in [-0.2, -0.15) is 18.3 Å². The SMILES string of the molecule is C[C@H](CO)NC(=O)c1nn2cc(-c3ccc4ccccc4c3)[nH]c(=O)c2c1C(F)(F)F. The fraction of sp³-hybridized carbons (Fsp3) is 0.190. The molecule has 0 bridgehead atoms.